The Morgan fingerprint density at radius 1 is 0.621 bits per heavy atom. The summed E-state index contributed by atoms with van der Waals surface area (Å²) in [5, 5.41) is 23.4. The van der Waals surface area contributed by atoms with Crippen LogP contribution in [0.2, 0.25) is 0 Å². The second-order valence-electron chi connectivity index (χ2n) is 12.7. The summed E-state index contributed by atoms with van der Waals surface area (Å²) in [6.45, 7) is 4.00. The van der Waals surface area contributed by atoms with Crippen molar-refractivity contribution in [3.8, 4) is 19.5 Å². The first-order valence-electron chi connectivity index (χ1n) is 17.9. The number of sulfonamides is 3. The molecule has 348 valence electrons. The average Bonchev–Trinajstić information content (AvgIpc) is 4.07. The highest BCUT2D eigenvalue weighted by atomic mass is 35.7. The molecule has 66 heavy (non-hydrogen) atoms. The van der Waals surface area contributed by atoms with E-state index in [2.05, 4.69) is 10.0 Å². The maximum Gasteiger partial charge on any atom is 0.272 e. The fourth-order valence-electron chi connectivity index (χ4n) is 5.60. The van der Waals surface area contributed by atoms with Crippen molar-refractivity contribution in [3.63, 3.8) is 0 Å². The summed E-state index contributed by atoms with van der Waals surface area (Å²) in [5.74, 6) is -1.02. The van der Waals surface area contributed by atoms with Crippen molar-refractivity contribution in [1.82, 2.24) is 0 Å². The Bertz CT molecular complexity index is 3350. The van der Waals surface area contributed by atoms with Crippen LogP contribution < -0.4 is 18.6 Å². The van der Waals surface area contributed by atoms with Crippen molar-refractivity contribution in [2.75, 3.05) is 18.6 Å². The summed E-state index contributed by atoms with van der Waals surface area (Å²) in [7, 11) is -9.31. The molecule has 3 amide bonds. The van der Waals surface area contributed by atoms with E-state index in [1.807, 2.05) is 22.2 Å². The Morgan fingerprint density at radius 3 is 1.68 bits per heavy atom. The molecule has 28 heteroatoms. The predicted octanol–water partition coefficient (Wildman–Crippen LogP) is 11.1. The number of rotatable bonds is 5. The molecule has 8 aromatic rings. The summed E-state index contributed by atoms with van der Waals surface area (Å²) >= 11 is 11.3. The molecule has 0 saturated carbocycles. The van der Waals surface area contributed by atoms with Gasteiger partial charge in [0.2, 0.25) is 17.7 Å². The lowest BCUT2D eigenvalue weighted by molar-refractivity contribution is -0.116. The monoisotopic (exact) mass is 1140 g/mol. The molecule has 0 radical (unpaired) electrons. The number of thiophene rings is 8. The Morgan fingerprint density at radius 2 is 1.15 bits per heavy atom. The normalized spacial score (nSPS) is 13.5. The molecule has 0 fully saturated rings. The van der Waals surface area contributed by atoms with Gasteiger partial charge in [-0.15, -0.1) is 45.3 Å². The number of hydrogen-bond donors (Lipinski definition) is 2. The van der Waals surface area contributed by atoms with Gasteiger partial charge in [-0.25, -0.2) is 42.3 Å². The molecule has 0 bridgehead atoms. The van der Waals surface area contributed by atoms with Crippen molar-refractivity contribution in [1.29, 1.82) is 0 Å². The van der Waals surface area contributed by atoms with Crippen molar-refractivity contribution < 1.29 is 48.1 Å². The van der Waals surface area contributed by atoms with Gasteiger partial charge in [0.1, 0.15) is 9.79 Å². The highest BCUT2D eigenvalue weighted by Crippen LogP contribution is 2.49. The van der Waals surface area contributed by atoms with Crippen molar-refractivity contribution >= 4 is 181 Å². The Hall–Kier alpha value is -4.10. The SMILES string of the molecule is CC(=O)N(c1ccsc1)S(=O)(=O)c1ccsc1.CC(=O)N1c2ccsc2-c2sccc2S1(=O)=O.CC(=O)Nc1ccsc1.O=S(=O)(Cl)c1ccsc1.O=S1(=O)Nc2ccsc2-c2sccc21. The molecule has 2 N–H and O–H groups in total. The van der Waals surface area contributed by atoms with E-state index in [0.717, 1.165) is 33.8 Å². The highest BCUT2D eigenvalue weighted by molar-refractivity contribution is 8.13. The van der Waals surface area contributed by atoms with Crippen molar-refractivity contribution in [3.05, 3.63) is 113 Å². The molecule has 2 aliphatic rings. The van der Waals surface area contributed by atoms with Crippen LogP contribution in [0.5, 0.6) is 0 Å². The predicted molar refractivity (Wildman–Crippen MR) is 271 cm³/mol. The van der Waals surface area contributed by atoms with Crippen molar-refractivity contribution in [2.24, 2.45) is 0 Å². The quantitative estimate of drug-likeness (QED) is 0.154. The van der Waals surface area contributed by atoms with Gasteiger partial charge in [0.05, 0.1) is 52.0 Å². The fourth-order valence-corrected chi connectivity index (χ4v) is 19.0. The third kappa shape index (κ3) is 11.8. The first-order valence-corrected chi connectivity index (χ1v) is 31.9. The van der Waals surface area contributed by atoms with Crippen LogP contribution in [-0.2, 0) is 53.5 Å². The Kier molecular flexibility index (Phi) is 16.7. The molecule has 0 aliphatic carbocycles. The number of nitrogens with zero attached hydrogens (tertiary/aromatic N) is 2. The molecule has 0 spiro atoms. The largest absolute Gasteiger partial charge is 0.326 e. The third-order valence-corrected chi connectivity index (χ3v) is 21.9. The Balaban J connectivity index is 0.000000140. The van der Waals surface area contributed by atoms with Crippen LogP contribution in [0.15, 0.2) is 133 Å². The van der Waals surface area contributed by atoms with Gasteiger partial charge in [-0.1, -0.05) is 0 Å². The average molecular weight is 1140 g/mol. The van der Waals surface area contributed by atoms with Gasteiger partial charge in [0.25, 0.3) is 39.1 Å². The van der Waals surface area contributed by atoms with Crippen LogP contribution >= 0.6 is 101 Å². The van der Waals surface area contributed by atoms with E-state index in [1.54, 1.807) is 90.7 Å². The smallest absolute Gasteiger partial charge is 0.272 e. The topological polar surface area (TPSA) is 218 Å². The second kappa shape index (κ2) is 21.5. The second-order valence-corrected chi connectivity index (χ2v) is 27.3. The van der Waals surface area contributed by atoms with Crippen LogP contribution in [0.3, 0.4) is 0 Å². The minimum Gasteiger partial charge on any atom is -0.326 e. The van der Waals surface area contributed by atoms with E-state index in [9.17, 15) is 48.1 Å². The molecule has 10 heterocycles. The maximum absolute atomic E-state index is 12.3. The zero-order chi connectivity index (χ0) is 48.0. The lowest BCUT2D eigenvalue weighted by atomic mass is 10.3. The number of carbonyl (C=O) groups is 3. The van der Waals surface area contributed by atoms with Crippen LogP contribution in [0, 0.1) is 0 Å². The summed E-state index contributed by atoms with van der Waals surface area (Å²) < 4.78 is 97.6. The number of anilines is 4. The highest BCUT2D eigenvalue weighted by Gasteiger charge is 2.39. The van der Waals surface area contributed by atoms with Gasteiger partial charge < -0.3 is 5.32 Å². The van der Waals surface area contributed by atoms with Gasteiger partial charge in [0, 0.05) is 53.0 Å². The van der Waals surface area contributed by atoms with Crippen LogP contribution in [0.1, 0.15) is 20.8 Å². The number of halogens is 1. The van der Waals surface area contributed by atoms with Gasteiger partial charge in [0.15, 0.2) is 0 Å². The van der Waals surface area contributed by atoms with E-state index < -0.39 is 50.9 Å². The molecular formula is C38H31ClN4O11S12. The van der Waals surface area contributed by atoms with Crippen LogP contribution in [0.4, 0.5) is 22.7 Å². The van der Waals surface area contributed by atoms with E-state index in [-0.39, 0.29) is 20.6 Å². The number of hydrogen-bond acceptors (Lipinski definition) is 19. The standard InChI is InChI=1S/C10H7NO3S3.C10H9NO3S3.C8H5NO2S3.C6H7NOS.C4H3ClO2S2/c1-6(12)11-7-2-4-15-9(7)10-8(3-5-16-10)17(11,13)14;1-8(12)11(9-2-4-15-6-9)17(13,14)10-3-5-16-7-10;10-14(11)6-2-4-13-8(6)7-5(9-14)1-3-12-7;1-5(8)7-6-2-3-9-4-6;5-9(6,7)4-1-2-8-3-4/h2-5H,1H3;2-7H,1H3;1-4,9H;2-4H,1H3,(H,7,8);1-3H. The summed E-state index contributed by atoms with van der Waals surface area (Å²) in [4.78, 5) is 37.9. The van der Waals surface area contributed by atoms with Gasteiger partial charge in [-0.3, -0.25) is 19.1 Å². The van der Waals surface area contributed by atoms with E-state index in [4.69, 9.17) is 10.7 Å². The molecule has 15 nitrogen and oxygen atoms in total. The van der Waals surface area contributed by atoms with E-state index in [0.29, 0.717) is 22.0 Å². The Labute approximate surface area is 416 Å². The minimum atomic E-state index is -3.78. The first kappa shape index (κ1) is 51.3. The lowest BCUT2D eigenvalue weighted by Crippen LogP contribution is -2.36. The minimum absolute atomic E-state index is 0.0200. The fraction of sp³-hybridized carbons (Fsp3) is 0.0789. The number of amides is 3. The number of fused-ring (bicyclic) bond motifs is 6. The lowest BCUT2D eigenvalue weighted by Gasteiger charge is -2.25. The molecule has 0 atom stereocenters. The van der Waals surface area contributed by atoms with Crippen LogP contribution in [0.25, 0.3) is 19.5 Å². The molecular weight excluding hydrogens is 1110 g/mol. The van der Waals surface area contributed by atoms with Gasteiger partial charge in [-0.2, -0.15) is 45.3 Å². The summed E-state index contributed by atoms with van der Waals surface area (Å²) in [5.41, 5.74) is 2.43. The zero-order valence-electron chi connectivity index (χ0n) is 33.7. The molecule has 2 aliphatic heterocycles. The molecule has 0 aromatic carbocycles. The van der Waals surface area contributed by atoms with E-state index in [1.165, 1.54) is 112 Å². The van der Waals surface area contributed by atoms with Crippen molar-refractivity contribution in [2.45, 2.75) is 40.4 Å². The zero-order valence-corrected chi connectivity index (χ0v) is 44.3. The van der Waals surface area contributed by atoms with Gasteiger partial charge in [-0.05, 0) is 91.6 Å². The van der Waals surface area contributed by atoms with Gasteiger partial charge >= 0.3 is 0 Å². The molecule has 10 rings (SSSR count). The molecule has 0 saturated heterocycles. The molecule has 0 unspecified atom stereocenters. The number of carbonyl (C=O) groups excluding carboxylic acids is 3. The first-order chi connectivity index (χ1) is 31.1. The van der Waals surface area contributed by atoms with Crippen LogP contribution in [-0.4, -0.2) is 51.4 Å². The third-order valence-electron chi connectivity index (χ3n) is 8.22. The van der Waals surface area contributed by atoms with E-state index >= 15 is 0 Å². The summed E-state index contributed by atoms with van der Waals surface area (Å²) in [6, 6.07) is 13.1. The molecule has 8 aromatic heterocycles. The number of nitrogens with one attached hydrogen (secondary N) is 2. The maximum atomic E-state index is 12.3. The summed E-state index contributed by atoms with van der Waals surface area (Å²) in [6.07, 6.45) is 0.